The molecule has 1 amide bonds. The number of rotatable bonds is 5. The highest BCUT2D eigenvalue weighted by atomic mass is 16.5. The average Bonchev–Trinajstić information content (AvgIpc) is 2.88. The molecule has 0 spiro atoms. The molecular formula is C15H19NO5. The number of benzene rings is 1. The summed E-state index contributed by atoms with van der Waals surface area (Å²) < 4.78 is 5.41. The molecule has 0 radical (unpaired) electrons. The van der Waals surface area contributed by atoms with Gasteiger partial charge in [-0.1, -0.05) is 12.1 Å². The van der Waals surface area contributed by atoms with Crippen molar-refractivity contribution in [2.24, 2.45) is 0 Å². The second kappa shape index (κ2) is 6.13. The lowest BCUT2D eigenvalue weighted by Gasteiger charge is -2.24. The van der Waals surface area contributed by atoms with Crippen LogP contribution in [0.2, 0.25) is 0 Å². The highest BCUT2D eigenvalue weighted by molar-refractivity contribution is 5.89. The van der Waals surface area contributed by atoms with Crippen LogP contribution in [0.3, 0.4) is 0 Å². The van der Waals surface area contributed by atoms with Gasteiger partial charge in [0.2, 0.25) is 0 Å². The average molecular weight is 293 g/mol. The monoisotopic (exact) mass is 293 g/mol. The quantitative estimate of drug-likeness (QED) is 0.755. The molecule has 1 fully saturated rings. The van der Waals surface area contributed by atoms with Gasteiger partial charge in [0.25, 0.3) is 5.91 Å². The number of aliphatic carboxylic acids is 1. The van der Waals surface area contributed by atoms with Gasteiger partial charge in [0, 0.05) is 13.0 Å². The minimum Gasteiger partial charge on any atom is -0.508 e. The van der Waals surface area contributed by atoms with E-state index in [1.807, 2.05) is 0 Å². The summed E-state index contributed by atoms with van der Waals surface area (Å²) >= 11 is 0. The first-order valence-corrected chi connectivity index (χ1v) is 6.86. The Bertz CT molecular complexity index is 519. The standard InChI is InChI=1S/C15H19NO5/c1-15(7-2-8-21-15)14(20)16-12(13(18)19)9-10-3-5-11(17)6-4-10/h3-6,12,17H,2,7-9H2,1H3,(H,16,20)(H,18,19)/t12-,15?/m1/s1. The van der Waals surface area contributed by atoms with Crippen LogP contribution in [-0.4, -0.2) is 40.3 Å². The van der Waals surface area contributed by atoms with E-state index in [4.69, 9.17) is 4.74 Å². The van der Waals surface area contributed by atoms with Crippen molar-refractivity contribution in [3.63, 3.8) is 0 Å². The Morgan fingerprint density at radius 1 is 1.38 bits per heavy atom. The fourth-order valence-corrected chi connectivity index (χ4v) is 2.34. The van der Waals surface area contributed by atoms with Gasteiger partial charge in [-0.25, -0.2) is 4.79 Å². The highest BCUT2D eigenvalue weighted by Crippen LogP contribution is 2.25. The van der Waals surface area contributed by atoms with Crippen LogP contribution in [0.15, 0.2) is 24.3 Å². The lowest BCUT2D eigenvalue weighted by Crippen LogP contribution is -2.51. The number of ether oxygens (including phenoxy) is 1. The second-order valence-corrected chi connectivity index (χ2v) is 5.42. The number of phenolic OH excluding ortho intramolecular Hbond substituents is 1. The largest absolute Gasteiger partial charge is 0.508 e. The highest BCUT2D eigenvalue weighted by Gasteiger charge is 2.39. The van der Waals surface area contributed by atoms with Gasteiger partial charge in [0.1, 0.15) is 17.4 Å². The van der Waals surface area contributed by atoms with Crippen LogP contribution >= 0.6 is 0 Å². The van der Waals surface area contributed by atoms with E-state index in [2.05, 4.69) is 5.32 Å². The van der Waals surface area contributed by atoms with E-state index >= 15 is 0 Å². The normalized spacial score (nSPS) is 22.7. The molecule has 3 N–H and O–H groups in total. The van der Waals surface area contributed by atoms with Crippen molar-refractivity contribution in [2.45, 2.75) is 37.8 Å². The molecule has 1 saturated heterocycles. The van der Waals surface area contributed by atoms with Crippen LogP contribution in [0, 0.1) is 0 Å². The van der Waals surface area contributed by atoms with E-state index in [0.717, 1.165) is 12.0 Å². The van der Waals surface area contributed by atoms with Crippen molar-refractivity contribution in [1.29, 1.82) is 0 Å². The molecule has 1 heterocycles. The van der Waals surface area contributed by atoms with Gasteiger partial charge >= 0.3 is 5.97 Å². The zero-order valence-corrected chi connectivity index (χ0v) is 11.8. The zero-order valence-electron chi connectivity index (χ0n) is 11.8. The number of carbonyl (C=O) groups excluding carboxylic acids is 1. The van der Waals surface area contributed by atoms with Gasteiger partial charge in [-0.2, -0.15) is 0 Å². The zero-order chi connectivity index (χ0) is 15.5. The third kappa shape index (κ3) is 3.72. The molecule has 2 atom stereocenters. The minimum absolute atomic E-state index is 0.113. The topological polar surface area (TPSA) is 95.9 Å². The predicted molar refractivity (Wildman–Crippen MR) is 75.0 cm³/mol. The molecule has 0 bridgehead atoms. The molecule has 2 rings (SSSR count). The SMILES string of the molecule is CC1(C(=O)N[C@H](Cc2ccc(O)cc2)C(=O)O)CCCO1. The van der Waals surface area contributed by atoms with Crippen LogP contribution < -0.4 is 5.32 Å². The Hall–Kier alpha value is -2.08. The number of carboxylic acid groups (broad SMARTS) is 1. The molecular weight excluding hydrogens is 274 g/mol. The Morgan fingerprint density at radius 2 is 2.05 bits per heavy atom. The van der Waals surface area contributed by atoms with Crippen LogP contribution in [0.25, 0.3) is 0 Å². The summed E-state index contributed by atoms with van der Waals surface area (Å²) in [4.78, 5) is 23.5. The molecule has 6 nitrogen and oxygen atoms in total. The van der Waals surface area contributed by atoms with Crippen molar-refractivity contribution >= 4 is 11.9 Å². The fraction of sp³-hybridized carbons (Fsp3) is 0.467. The van der Waals surface area contributed by atoms with E-state index in [0.29, 0.717) is 13.0 Å². The maximum absolute atomic E-state index is 12.2. The number of amides is 1. The molecule has 1 aromatic rings. The number of nitrogens with one attached hydrogen (secondary N) is 1. The van der Waals surface area contributed by atoms with Crippen LogP contribution in [-0.2, 0) is 20.7 Å². The number of aromatic hydroxyl groups is 1. The summed E-state index contributed by atoms with van der Waals surface area (Å²) in [6.07, 6.45) is 1.53. The van der Waals surface area contributed by atoms with E-state index < -0.39 is 23.5 Å². The molecule has 114 valence electrons. The molecule has 1 aromatic carbocycles. The maximum atomic E-state index is 12.2. The summed E-state index contributed by atoms with van der Waals surface area (Å²) in [6, 6.07) is 5.20. The molecule has 1 unspecified atom stereocenters. The summed E-state index contributed by atoms with van der Waals surface area (Å²) in [5, 5.41) is 21.0. The van der Waals surface area contributed by atoms with Gasteiger partial charge in [-0.3, -0.25) is 4.79 Å². The maximum Gasteiger partial charge on any atom is 0.326 e. The van der Waals surface area contributed by atoms with Crippen molar-refractivity contribution < 1.29 is 24.5 Å². The summed E-state index contributed by atoms with van der Waals surface area (Å²) in [6.45, 7) is 2.19. The molecule has 0 aliphatic carbocycles. The summed E-state index contributed by atoms with van der Waals surface area (Å²) in [5.74, 6) is -1.38. The van der Waals surface area contributed by atoms with E-state index in [9.17, 15) is 19.8 Å². The van der Waals surface area contributed by atoms with Crippen molar-refractivity contribution in [1.82, 2.24) is 5.32 Å². The fourth-order valence-electron chi connectivity index (χ4n) is 2.34. The molecule has 6 heteroatoms. The van der Waals surface area contributed by atoms with Gasteiger partial charge in [-0.05, 0) is 37.5 Å². The van der Waals surface area contributed by atoms with Crippen LogP contribution in [0.1, 0.15) is 25.3 Å². The Balaban J connectivity index is 2.04. The van der Waals surface area contributed by atoms with E-state index in [-0.39, 0.29) is 12.2 Å². The number of phenols is 1. The van der Waals surface area contributed by atoms with Crippen LogP contribution in [0.5, 0.6) is 5.75 Å². The minimum atomic E-state index is -1.10. The lowest BCUT2D eigenvalue weighted by molar-refractivity contribution is -0.147. The Kier molecular flexibility index (Phi) is 4.47. The van der Waals surface area contributed by atoms with Gasteiger partial charge < -0.3 is 20.3 Å². The number of carboxylic acids is 1. The smallest absolute Gasteiger partial charge is 0.326 e. The summed E-state index contributed by atoms with van der Waals surface area (Å²) in [7, 11) is 0. The van der Waals surface area contributed by atoms with Gasteiger partial charge in [-0.15, -0.1) is 0 Å². The van der Waals surface area contributed by atoms with Gasteiger partial charge in [0.05, 0.1) is 0 Å². The third-order valence-electron chi connectivity index (χ3n) is 3.68. The molecule has 21 heavy (non-hydrogen) atoms. The third-order valence-corrected chi connectivity index (χ3v) is 3.68. The number of hydrogen-bond acceptors (Lipinski definition) is 4. The Morgan fingerprint density at radius 3 is 2.57 bits per heavy atom. The second-order valence-electron chi connectivity index (χ2n) is 5.42. The number of carbonyl (C=O) groups is 2. The molecule has 0 saturated carbocycles. The van der Waals surface area contributed by atoms with E-state index in [1.54, 1.807) is 19.1 Å². The predicted octanol–water partition coefficient (Wildman–Crippen LogP) is 1.07. The first-order valence-electron chi connectivity index (χ1n) is 6.86. The molecule has 1 aliphatic heterocycles. The van der Waals surface area contributed by atoms with Gasteiger partial charge in [0.15, 0.2) is 0 Å². The van der Waals surface area contributed by atoms with E-state index in [1.165, 1.54) is 12.1 Å². The lowest BCUT2D eigenvalue weighted by atomic mass is 10.00. The Labute approximate surface area is 122 Å². The molecule has 1 aliphatic rings. The van der Waals surface area contributed by atoms with Crippen molar-refractivity contribution in [3.8, 4) is 5.75 Å². The number of hydrogen-bond donors (Lipinski definition) is 3. The van der Waals surface area contributed by atoms with Crippen LogP contribution in [0.4, 0.5) is 0 Å². The van der Waals surface area contributed by atoms with Crippen molar-refractivity contribution in [2.75, 3.05) is 6.61 Å². The first kappa shape index (κ1) is 15.3. The van der Waals surface area contributed by atoms with Crippen molar-refractivity contribution in [3.05, 3.63) is 29.8 Å². The molecule has 0 aromatic heterocycles. The summed E-state index contributed by atoms with van der Waals surface area (Å²) in [5.41, 5.74) is -0.221. The first-order chi connectivity index (χ1) is 9.90.